The summed E-state index contributed by atoms with van der Waals surface area (Å²) in [6.07, 6.45) is -0.582. The van der Waals surface area contributed by atoms with Gasteiger partial charge in [0.05, 0.1) is 0 Å². The van der Waals surface area contributed by atoms with Crippen molar-refractivity contribution in [1.82, 2.24) is 0 Å². The van der Waals surface area contributed by atoms with Gasteiger partial charge in [-0.1, -0.05) is 72.2 Å². The normalized spacial score (nSPS) is 12.7. The highest BCUT2D eigenvalue weighted by Gasteiger charge is 2.13. The molecule has 0 heterocycles. The van der Waals surface area contributed by atoms with E-state index in [0.717, 1.165) is 15.6 Å². The Hall–Kier alpha value is -1.12. The van der Waals surface area contributed by atoms with Crippen LogP contribution in [0.2, 0.25) is 0 Å². The molecule has 2 aromatic rings. The Balaban J connectivity index is 2.29. The Bertz CT molecular complexity index is 517. The van der Waals surface area contributed by atoms with Gasteiger partial charge in [0.2, 0.25) is 0 Å². The molecular formula is C16H17BrO. The van der Waals surface area contributed by atoms with E-state index in [0.29, 0.717) is 5.92 Å². The summed E-state index contributed by atoms with van der Waals surface area (Å²) in [6, 6.07) is 15.9. The van der Waals surface area contributed by atoms with Crippen molar-refractivity contribution in [2.45, 2.75) is 25.9 Å². The minimum atomic E-state index is -0.582. The molecule has 0 fully saturated rings. The Morgan fingerprint density at radius 2 is 1.44 bits per heavy atom. The first-order valence-electron chi connectivity index (χ1n) is 6.12. The van der Waals surface area contributed by atoms with Crippen molar-refractivity contribution in [2.75, 3.05) is 0 Å². The molecule has 18 heavy (non-hydrogen) atoms. The van der Waals surface area contributed by atoms with Gasteiger partial charge < -0.3 is 5.11 Å². The van der Waals surface area contributed by atoms with Gasteiger partial charge in [0.1, 0.15) is 6.10 Å². The molecule has 1 nitrogen and oxygen atoms in total. The van der Waals surface area contributed by atoms with E-state index in [-0.39, 0.29) is 0 Å². The Morgan fingerprint density at radius 1 is 0.889 bits per heavy atom. The van der Waals surface area contributed by atoms with Crippen LogP contribution in [-0.4, -0.2) is 5.11 Å². The van der Waals surface area contributed by atoms with Crippen LogP contribution >= 0.6 is 15.9 Å². The average molecular weight is 305 g/mol. The summed E-state index contributed by atoms with van der Waals surface area (Å²) in [4.78, 5) is 0. The summed E-state index contributed by atoms with van der Waals surface area (Å²) in [7, 11) is 0. The summed E-state index contributed by atoms with van der Waals surface area (Å²) in [5, 5.41) is 10.4. The van der Waals surface area contributed by atoms with Gasteiger partial charge in [-0.15, -0.1) is 0 Å². The smallest absolute Gasteiger partial charge is 0.105 e. The lowest BCUT2D eigenvalue weighted by molar-refractivity contribution is 0.219. The maximum atomic E-state index is 10.4. The summed E-state index contributed by atoms with van der Waals surface area (Å²) < 4.78 is 0.936. The van der Waals surface area contributed by atoms with Crippen LogP contribution in [0.5, 0.6) is 0 Å². The summed E-state index contributed by atoms with van der Waals surface area (Å²) in [5.41, 5.74) is 3.11. The van der Waals surface area contributed by atoms with Crippen LogP contribution in [0, 0.1) is 0 Å². The van der Waals surface area contributed by atoms with E-state index in [4.69, 9.17) is 0 Å². The van der Waals surface area contributed by atoms with Gasteiger partial charge in [0.15, 0.2) is 0 Å². The van der Waals surface area contributed by atoms with Crippen LogP contribution in [-0.2, 0) is 0 Å². The lowest BCUT2D eigenvalue weighted by atomic mass is 9.97. The molecule has 0 amide bonds. The molecule has 0 saturated heterocycles. The molecule has 0 unspecified atom stereocenters. The van der Waals surface area contributed by atoms with Crippen LogP contribution in [0.4, 0.5) is 0 Å². The number of aliphatic hydroxyl groups is 1. The molecule has 0 aliphatic rings. The van der Waals surface area contributed by atoms with Crippen LogP contribution in [0.15, 0.2) is 53.0 Å². The molecule has 2 rings (SSSR count). The monoisotopic (exact) mass is 304 g/mol. The zero-order valence-corrected chi connectivity index (χ0v) is 12.2. The van der Waals surface area contributed by atoms with Gasteiger partial charge in [-0.25, -0.2) is 0 Å². The highest BCUT2D eigenvalue weighted by Crippen LogP contribution is 2.29. The molecule has 0 aliphatic heterocycles. The number of halogens is 1. The minimum Gasteiger partial charge on any atom is -0.384 e. The first kappa shape index (κ1) is 13.3. The van der Waals surface area contributed by atoms with E-state index in [1.165, 1.54) is 5.56 Å². The third kappa shape index (κ3) is 2.82. The Labute approximate surface area is 117 Å². The third-order valence-corrected chi connectivity index (χ3v) is 3.84. The zero-order chi connectivity index (χ0) is 13.1. The lowest BCUT2D eigenvalue weighted by Gasteiger charge is -2.14. The van der Waals surface area contributed by atoms with Crippen molar-refractivity contribution in [3.05, 3.63) is 69.7 Å². The first-order chi connectivity index (χ1) is 8.59. The fraction of sp³-hybridized carbons (Fsp3) is 0.250. The van der Waals surface area contributed by atoms with Crippen molar-refractivity contribution >= 4 is 15.9 Å². The summed E-state index contributed by atoms with van der Waals surface area (Å²) in [6.45, 7) is 4.33. The molecule has 1 N–H and O–H groups in total. The van der Waals surface area contributed by atoms with E-state index in [1.807, 2.05) is 36.4 Å². The fourth-order valence-corrected chi connectivity index (χ4v) is 2.44. The molecule has 0 saturated carbocycles. The Kier molecular flexibility index (Phi) is 4.20. The summed E-state index contributed by atoms with van der Waals surface area (Å²) in [5.74, 6) is 0.514. The first-order valence-corrected chi connectivity index (χ1v) is 6.91. The average Bonchev–Trinajstić information content (AvgIpc) is 2.38. The molecule has 0 bridgehead atoms. The standard InChI is InChI=1S/C16H17BrO/c1-11(2)12-7-9-13(10-8-12)16(18)14-5-3-4-6-15(14)17/h3-11,16,18H,1-2H3/t16-/m1/s1. The highest BCUT2D eigenvalue weighted by molar-refractivity contribution is 9.10. The number of hydrogen-bond acceptors (Lipinski definition) is 1. The van der Waals surface area contributed by atoms with Crippen molar-refractivity contribution in [2.24, 2.45) is 0 Å². The van der Waals surface area contributed by atoms with Crippen molar-refractivity contribution < 1.29 is 5.11 Å². The van der Waals surface area contributed by atoms with Crippen molar-refractivity contribution in [3.63, 3.8) is 0 Å². The summed E-state index contributed by atoms with van der Waals surface area (Å²) >= 11 is 3.47. The topological polar surface area (TPSA) is 20.2 Å². The predicted octanol–water partition coefficient (Wildman–Crippen LogP) is 4.65. The molecule has 2 heteroatoms. The van der Waals surface area contributed by atoms with Crippen LogP contribution in [0.3, 0.4) is 0 Å². The Morgan fingerprint density at radius 3 is 2.00 bits per heavy atom. The van der Waals surface area contributed by atoms with Crippen LogP contribution < -0.4 is 0 Å². The molecule has 0 aromatic heterocycles. The van der Waals surface area contributed by atoms with Gasteiger partial charge in [-0.2, -0.15) is 0 Å². The second-order valence-corrected chi connectivity index (χ2v) is 5.60. The highest BCUT2D eigenvalue weighted by atomic mass is 79.9. The number of rotatable bonds is 3. The van der Waals surface area contributed by atoms with Crippen LogP contribution in [0.25, 0.3) is 0 Å². The number of hydrogen-bond donors (Lipinski definition) is 1. The fourth-order valence-electron chi connectivity index (χ4n) is 1.94. The molecule has 0 aliphatic carbocycles. The van der Waals surface area contributed by atoms with Gasteiger partial charge in [0, 0.05) is 4.47 Å². The molecule has 0 radical (unpaired) electrons. The quantitative estimate of drug-likeness (QED) is 0.875. The minimum absolute atomic E-state index is 0.514. The molecule has 0 spiro atoms. The second kappa shape index (κ2) is 5.68. The maximum absolute atomic E-state index is 10.4. The van der Waals surface area contributed by atoms with E-state index in [9.17, 15) is 5.11 Å². The number of benzene rings is 2. The molecule has 94 valence electrons. The van der Waals surface area contributed by atoms with E-state index < -0.39 is 6.10 Å². The zero-order valence-electron chi connectivity index (χ0n) is 10.6. The van der Waals surface area contributed by atoms with Crippen molar-refractivity contribution in [1.29, 1.82) is 0 Å². The maximum Gasteiger partial charge on any atom is 0.105 e. The number of aliphatic hydroxyl groups excluding tert-OH is 1. The van der Waals surface area contributed by atoms with Gasteiger partial charge in [-0.05, 0) is 28.7 Å². The SMILES string of the molecule is CC(C)c1ccc([C@@H](O)c2ccccc2Br)cc1. The van der Waals surface area contributed by atoms with E-state index in [2.05, 4.69) is 41.9 Å². The van der Waals surface area contributed by atoms with E-state index in [1.54, 1.807) is 0 Å². The van der Waals surface area contributed by atoms with Gasteiger partial charge >= 0.3 is 0 Å². The lowest BCUT2D eigenvalue weighted by Crippen LogP contribution is -2.01. The van der Waals surface area contributed by atoms with Gasteiger partial charge in [0.25, 0.3) is 0 Å². The van der Waals surface area contributed by atoms with Gasteiger partial charge in [-0.3, -0.25) is 0 Å². The third-order valence-electron chi connectivity index (χ3n) is 3.12. The van der Waals surface area contributed by atoms with Crippen molar-refractivity contribution in [3.8, 4) is 0 Å². The second-order valence-electron chi connectivity index (χ2n) is 4.75. The molecule has 1 atom stereocenters. The molecular weight excluding hydrogens is 288 g/mol. The predicted molar refractivity (Wildman–Crippen MR) is 78.7 cm³/mol. The van der Waals surface area contributed by atoms with E-state index >= 15 is 0 Å². The van der Waals surface area contributed by atoms with Crippen LogP contribution in [0.1, 0.15) is 42.6 Å². The molecule has 2 aromatic carbocycles. The largest absolute Gasteiger partial charge is 0.384 e.